The molecule has 0 bridgehead atoms. The Hall–Kier alpha value is -3.06. The molecule has 2 N–H and O–H groups in total. The first-order valence-electron chi connectivity index (χ1n) is 7.40. The zero-order valence-corrected chi connectivity index (χ0v) is 13.0. The molecule has 0 saturated carbocycles. The molecule has 0 saturated heterocycles. The number of carbonyl (C=O) groups excluding carboxylic acids is 2. The number of rotatable bonds is 6. The van der Waals surface area contributed by atoms with E-state index in [1.165, 1.54) is 0 Å². The molecule has 3 rings (SSSR count). The fourth-order valence-corrected chi connectivity index (χ4v) is 2.50. The van der Waals surface area contributed by atoms with Gasteiger partial charge in [0.2, 0.25) is 6.41 Å². The number of furan rings is 1. The molecule has 2 amide bonds. The number of fused-ring (bicyclic) bond motifs is 1. The predicted octanol–water partition coefficient (Wildman–Crippen LogP) is 1.35. The number of nitrogens with one attached hydrogen (secondary N) is 2. The molecule has 7 nitrogen and oxygen atoms in total. The van der Waals surface area contributed by atoms with Gasteiger partial charge in [0, 0.05) is 29.9 Å². The number of pyridine rings is 2. The molecule has 3 aromatic heterocycles. The minimum absolute atomic E-state index is 0.351. The van der Waals surface area contributed by atoms with Crippen molar-refractivity contribution in [1.29, 1.82) is 0 Å². The van der Waals surface area contributed by atoms with E-state index in [1.807, 2.05) is 18.2 Å². The van der Waals surface area contributed by atoms with Gasteiger partial charge in [0.15, 0.2) is 5.58 Å². The summed E-state index contributed by atoms with van der Waals surface area (Å²) in [5.74, 6) is -0.0498. The lowest BCUT2D eigenvalue weighted by Gasteiger charge is -2.10. The van der Waals surface area contributed by atoms with Crippen LogP contribution in [0.2, 0.25) is 0 Å². The fraction of sp³-hybridized carbons (Fsp3) is 0.176. The van der Waals surface area contributed by atoms with Crippen molar-refractivity contribution < 1.29 is 14.0 Å². The maximum absolute atomic E-state index is 11.9. The van der Waals surface area contributed by atoms with E-state index < -0.39 is 11.9 Å². The minimum atomic E-state index is -0.744. The summed E-state index contributed by atoms with van der Waals surface area (Å²) in [6, 6.07) is 6.83. The summed E-state index contributed by atoms with van der Waals surface area (Å²) in [6.45, 7) is 0. The third-order valence-corrected chi connectivity index (χ3v) is 3.65. The van der Waals surface area contributed by atoms with E-state index in [1.54, 1.807) is 31.7 Å². The average molecular weight is 324 g/mol. The van der Waals surface area contributed by atoms with Gasteiger partial charge >= 0.3 is 0 Å². The van der Waals surface area contributed by atoms with Gasteiger partial charge in [-0.25, -0.2) is 0 Å². The van der Waals surface area contributed by atoms with Crippen LogP contribution in [0.4, 0.5) is 0 Å². The molecule has 3 aromatic rings. The minimum Gasteiger partial charge on any atom is -0.457 e. The van der Waals surface area contributed by atoms with E-state index in [4.69, 9.17) is 4.42 Å². The SMILES string of the molecule is CNC(C(=O)NC=O)c1cc2cc(Cc3ccncc3)ncc2o1. The van der Waals surface area contributed by atoms with Crippen LogP contribution in [0.5, 0.6) is 0 Å². The van der Waals surface area contributed by atoms with Crippen molar-refractivity contribution in [2.75, 3.05) is 7.05 Å². The number of hydrogen-bond acceptors (Lipinski definition) is 6. The summed E-state index contributed by atoms with van der Waals surface area (Å²) in [7, 11) is 1.62. The summed E-state index contributed by atoms with van der Waals surface area (Å²) in [6.07, 6.45) is 6.16. The van der Waals surface area contributed by atoms with Crippen molar-refractivity contribution in [3.8, 4) is 0 Å². The average Bonchev–Trinajstić information content (AvgIpc) is 2.99. The van der Waals surface area contributed by atoms with E-state index in [0.29, 0.717) is 24.2 Å². The van der Waals surface area contributed by atoms with Crippen LogP contribution in [0.1, 0.15) is 23.1 Å². The van der Waals surface area contributed by atoms with Crippen molar-refractivity contribution in [1.82, 2.24) is 20.6 Å². The highest BCUT2D eigenvalue weighted by molar-refractivity contribution is 5.91. The Morgan fingerprint density at radius 3 is 2.83 bits per heavy atom. The Morgan fingerprint density at radius 1 is 1.33 bits per heavy atom. The van der Waals surface area contributed by atoms with Crippen molar-refractivity contribution in [2.45, 2.75) is 12.5 Å². The van der Waals surface area contributed by atoms with Gasteiger partial charge in [-0.1, -0.05) is 0 Å². The molecule has 122 valence electrons. The zero-order chi connectivity index (χ0) is 16.9. The number of carbonyl (C=O) groups is 2. The molecule has 3 heterocycles. The first kappa shape index (κ1) is 15.8. The number of hydrogen-bond donors (Lipinski definition) is 2. The lowest BCUT2D eigenvalue weighted by molar-refractivity contribution is -0.127. The molecule has 0 fully saturated rings. The largest absolute Gasteiger partial charge is 0.457 e. The number of likely N-dealkylation sites (N-methyl/N-ethyl adjacent to an activating group) is 1. The molecule has 1 atom stereocenters. The smallest absolute Gasteiger partial charge is 0.251 e. The molecule has 0 radical (unpaired) electrons. The molecule has 0 aliphatic carbocycles. The molecule has 24 heavy (non-hydrogen) atoms. The predicted molar refractivity (Wildman–Crippen MR) is 87.1 cm³/mol. The maximum atomic E-state index is 11.9. The molecule has 1 unspecified atom stereocenters. The molecule has 0 aromatic carbocycles. The third-order valence-electron chi connectivity index (χ3n) is 3.65. The molecular formula is C17H16N4O3. The first-order valence-corrected chi connectivity index (χ1v) is 7.40. The van der Waals surface area contributed by atoms with Gasteiger partial charge in [0.05, 0.1) is 6.20 Å². The van der Waals surface area contributed by atoms with Crippen LogP contribution in [-0.4, -0.2) is 29.3 Å². The van der Waals surface area contributed by atoms with Crippen LogP contribution in [-0.2, 0) is 16.0 Å². The summed E-state index contributed by atoms with van der Waals surface area (Å²) in [4.78, 5) is 30.7. The van der Waals surface area contributed by atoms with Crippen LogP contribution in [0.25, 0.3) is 11.0 Å². The highest BCUT2D eigenvalue weighted by Crippen LogP contribution is 2.24. The van der Waals surface area contributed by atoms with Gasteiger partial charge in [-0.2, -0.15) is 0 Å². The second kappa shape index (κ2) is 7.01. The number of aromatic nitrogens is 2. The molecular weight excluding hydrogens is 308 g/mol. The second-order valence-electron chi connectivity index (χ2n) is 5.24. The zero-order valence-electron chi connectivity index (χ0n) is 13.0. The summed E-state index contributed by atoms with van der Waals surface area (Å²) >= 11 is 0. The lowest BCUT2D eigenvalue weighted by atomic mass is 10.1. The van der Waals surface area contributed by atoms with Crippen LogP contribution < -0.4 is 10.6 Å². The van der Waals surface area contributed by atoms with Gasteiger partial charge in [-0.05, 0) is 36.9 Å². The topological polar surface area (TPSA) is 97.1 Å². The summed E-state index contributed by atoms with van der Waals surface area (Å²) in [5, 5.41) is 5.80. The van der Waals surface area contributed by atoms with Gasteiger partial charge in [0.25, 0.3) is 5.91 Å². The maximum Gasteiger partial charge on any atom is 0.251 e. The van der Waals surface area contributed by atoms with E-state index in [0.717, 1.165) is 16.6 Å². The van der Waals surface area contributed by atoms with E-state index in [9.17, 15) is 9.59 Å². The van der Waals surface area contributed by atoms with Crippen molar-refractivity contribution in [2.24, 2.45) is 0 Å². The number of imide groups is 1. The molecule has 7 heteroatoms. The van der Waals surface area contributed by atoms with Gasteiger partial charge < -0.3 is 9.73 Å². The van der Waals surface area contributed by atoms with Crippen LogP contribution >= 0.6 is 0 Å². The molecule has 0 aliphatic rings. The first-order chi connectivity index (χ1) is 11.7. The monoisotopic (exact) mass is 324 g/mol. The normalized spacial score (nSPS) is 12.0. The Balaban J connectivity index is 1.88. The molecule has 0 spiro atoms. The quantitative estimate of drug-likeness (QED) is 0.664. The Labute approximate surface area is 138 Å². The van der Waals surface area contributed by atoms with E-state index in [-0.39, 0.29) is 0 Å². The lowest BCUT2D eigenvalue weighted by Crippen LogP contribution is -2.34. The summed E-state index contributed by atoms with van der Waals surface area (Å²) in [5.41, 5.74) is 2.58. The van der Waals surface area contributed by atoms with E-state index >= 15 is 0 Å². The summed E-state index contributed by atoms with van der Waals surface area (Å²) < 4.78 is 5.68. The Morgan fingerprint density at radius 2 is 2.12 bits per heavy atom. The number of nitrogens with zero attached hydrogens (tertiary/aromatic N) is 2. The van der Waals surface area contributed by atoms with Gasteiger partial charge in [-0.15, -0.1) is 0 Å². The third kappa shape index (κ3) is 3.31. The molecule has 0 aliphatic heterocycles. The van der Waals surface area contributed by atoms with Crippen LogP contribution in [0.3, 0.4) is 0 Å². The van der Waals surface area contributed by atoms with Crippen LogP contribution in [0.15, 0.2) is 47.3 Å². The Kier molecular flexibility index (Phi) is 4.62. The van der Waals surface area contributed by atoms with Crippen molar-refractivity contribution in [3.05, 3.63) is 59.9 Å². The van der Waals surface area contributed by atoms with Gasteiger partial charge in [0.1, 0.15) is 11.8 Å². The standard InChI is InChI=1S/C17H16N4O3/c1-18-16(17(23)21-10-22)14-8-12-7-13(20-9-15(12)24-14)6-11-2-4-19-5-3-11/h2-5,7-10,16,18H,6H2,1H3,(H,21,22,23). The van der Waals surface area contributed by atoms with Crippen molar-refractivity contribution in [3.63, 3.8) is 0 Å². The van der Waals surface area contributed by atoms with Crippen molar-refractivity contribution >= 4 is 23.3 Å². The van der Waals surface area contributed by atoms with Crippen LogP contribution in [0, 0.1) is 0 Å². The van der Waals surface area contributed by atoms with E-state index in [2.05, 4.69) is 20.6 Å². The highest BCUT2D eigenvalue weighted by atomic mass is 16.3. The van der Waals surface area contributed by atoms with Gasteiger partial charge in [-0.3, -0.25) is 24.9 Å². The number of amides is 2. The fourth-order valence-electron chi connectivity index (χ4n) is 2.50. The second-order valence-corrected chi connectivity index (χ2v) is 5.24. The highest BCUT2D eigenvalue weighted by Gasteiger charge is 2.22. The Bertz CT molecular complexity index is 861.